The van der Waals surface area contributed by atoms with Gasteiger partial charge in [0.25, 0.3) is 0 Å². The van der Waals surface area contributed by atoms with E-state index in [1.807, 2.05) is 31.2 Å². The Morgan fingerprint density at radius 3 is 2.03 bits per heavy atom. The summed E-state index contributed by atoms with van der Waals surface area (Å²) >= 11 is 0. The molecule has 1 atom stereocenters. The second-order valence-corrected chi connectivity index (χ2v) is 10.1. The van der Waals surface area contributed by atoms with Crippen LogP contribution in [0.3, 0.4) is 0 Å². The summed E-state index contributed by atoms with van der Waals surface area (Å²) in [5.41, 5.74) is 2.56. The standard InChI is InChI=1S/C27H34N2O5/c1-17(14-23(30)29-27(4,5)26(2,3)24(31)32)15-28-25(33)34-16-22-20-12-8-6-10-18(20)19-11-7-9-13-21(19)22/h6-13,17,22H,14-16H2,1-5H3,(H,28,33)(H,29,30)(H,31,32). The zero-order valence-electron chi connectivity index (χ0n) is 20.5. The number of alkyl carbamates (subject to hydrolysis) is 1. The molecule has 0 saturated carbocycles. The molecule has 0 bridgehead atoms. The van der Waals surface area contributed by atoms with Gasteiger partial charge in [0, 0.05) is 24.4 Å². The number of fused-ring (bicyclic) bond motifs is 3. The van der Waals surface area contributed by atoms with E-state index >= 15 is 0 Å². The summed E-state index contributed by atoms with van der Waals surface area (Å²) in [6.07, 6.45) is -0.371. The van der Waals surface area contributed by atoms with Crippen molar-refractivity contribution in [2.45, 2.75) is 52.5 Å². The van der Waals surface area contributed by atoms with Crippen LogP contribution >= 0.6 is 0 Å². The highest BCUT2D eigenvalue weighted by Gasteiger charge is 2.44. The minimum atomic E-state index is -1.13. The smallest absolute Gasteiger partial charge is 0.407 e. The van der Waals surface area contributed by atoms with Crippen molar-refractivity contribution >= 4 is 18.0 Å². The molecule has 1 unspecified atom stereocenters. The maximum absolute atomic E-state index is 12.5. The molecule has 182 valence electrons. The Hall–Kier alpha value is -3.35. The van der Waals surface area contributed by atoms with E-state index in [1.165, 1.54) is 11.1 Å². The van der Waals surface area contributed by atoms with E-state index in [1.54, 1.807) is 27.7 Å². The Balaban J connectivity index is 1.48. The molecular formula is C27H34N2O5. The molecule has 1 aliphatic carbocycles. The summed E-state index contributed by atoms with van der Waals surface area (Å²) in [5.74, 6) is -1.41. The van der Waals surface area contributed by atoms with Gasteiger partial charge in [0.2, 0.25) is 5.91 Å². The van der Waals surface area contributed by atoms with Crippen molar-refractivity contribution in [3.63, 3.8) is 0 Å². The van der Waals surface area contributed by atoms with Gasteiger partial charge in [-0.05, 0) is 55.9 Å². The van der Waals surface area contributed by atoms with Crippen LogP contribution in [0.2, 0.25) is 0 Å². The van der Waals surface area contributed by atoms with E-state index in [0.717, 1.165) is 11.1 Å². The van der Waals surface area contributed by atoms with E-state index in [9.17, 15) is 19.5 Å². The van der Waals surface area contributed by atoms with E-state index < -0.39 is 23.0 Å². The molecule has 3 N–H and O–H groups in total. The lowest BCUT2D eigenvalue weighted by Gasteiger charge is -2.39. The molecule has 0 saturated heterocycles. The van der Waals surface area contributed by atoms with Crippen molar-refractivity contribution in [3.8, 4) is 11.1 Å². The average molecular weight is 467 g/mol. The van der Waals surface area contributed by atoms with Crippen LogP contribution in [0, 0.1) is 11.3 Å². The quantitative estimate of drug-likeness (QED) is 0.503. The van der Waals surface area contributed by atoms with Crippen LogP contribution in [0.4, 0.5) is 4.79 Å². The fraction of sp³-hybridized carbons (Fsp3) is 0.444. The van der Waals surface area contributed by atoms with Crippen LogP contribution < -0.4 is 10.6 Å². The minimum absolute atomic E-state index is 0.0128. The van der Waals surface area contributed by atoms with Gasteiger partial charge in [-0.25, -0.2) is 4.79 Å². The number of hydrogen-bond donors (Lipinski definition) is 3. The second kappa shape index (κ2) is 9.87. The summed E-state index contributed by atoms with van der Waals surface area (Å²) in [5, 5.41) is 15.0. The molecule has 3 rings (SSSR count). The number of nitrogens with one attached hydrogen (secondary N) is 2. The molecule has 2 aromatic rings. The number of carboxylic acids is 1. The van der Waals surface area contributed by atoms with Crippen LogP contribution in [0.15, 0.2) is 48.5 Å². The number of carbonyl (C=O) groups is 3. The number of benzene rings is 2. The van der Waals surface area contributed by atoms with Crippen molar-refractivity contribution in [1.29, 1.82) is 0 Å². The molecule has 7 heteroatoms. The number of rotatable bonds is 9. The maximum Gasteiger partial charge on any atom is 0.407 e. The lowest BCUT2D eigenvalue weighted by atomic mass is 9.74. The van der Waals surface area contributed by atoms with Crippen LogP contribution in [0.25, 0.3) is 11.1 Å². The molecule has 34 heavy (non-hydrogen) atoms. The number of amides is 2. The molecule has 2 aromatic carbocycles. The summed E-state index contributed by atoms with van der Waals surface area (Å²) in [6, 6.07) is 16.3. The predicted molar refractivity (Wildman–Crippen MR) is 130 cm³/mol. The summed E-state index contributed by atoms with van der Waals surface area (Å²) in [6.45, 7) is 8.89. The number of aliphatic carboxylic acids is 1. The molecule has 2 amide bonds. The molecule has 0 fully saturated rings. The van der Waals surface area contributed by atoms with Gasteiger partial charge >= 0.3 is 12.1 Å². The van der Waals surface area contributed by atoms with E-state index in [2.05, 4.69) is 34.9 Å². The SMILES string of the molecule is CC(CNC(=O)OCC1c2ccccc2-c2ccccc21)CC(=O)NC(C)(C)C(C)(C)C(=O)O. The first-order valence-corrected chi connectivity index (χ1v) is 11.6. The third kappa shape index (κ3) is 5.24. The third-order valence-corrected chi connectivity index (χ3v) is 7.02. The van der Waals surface area contributed by atoms with Crippen LogP contribution in [-0.2, 0) is 14.3 Å². The van der Waals surface area contributed by atoms with Gasteiger partial charge in [-0.1, -0.05) is 55.5 Å². The number of hydrogen-bond acceptors (Lipinski definition) is 4. The van der Waals surface area contributed by atoms with Gasteiger partial charge in [0.15, 0.2) is 0 Å². The highest BCUT2D eigenvalue weighted by Crippen LogP contribution is 2.44. The molecule has 0 spiro atoms. The molecule has 0 radical (unpaired) electrons. The van der Waals surface area contributed by atoms with Crippen LogP contribution in [0.1, 0.15) is 58.1 Å². The van der Waals surface area contributed by atoms with Gasteiger partial charge in [-0.15, -0.1) is 0 Å². The van der Waals surface area contributed by atoms with Crippen molar-refractivity contribution in [2.24, 2.45) is 11.3 Å². The first-order chi connectivity index (χ1) is 15.9. The van der Waals surface area contributed by atoms with E-state index in [4.69, 9.17) is 4.74 Å². The van der Waals surface area contributed by atoms with Gasteiger partial charge < -0.3 is 20.5 Å². The third-order valence-electron chi connectivity index (χ3n) is 7.02. The van der Waals surface area contributed by atoms with E-state index in [-0.39, 0.29) is 37.3 Å². The minimum Gasteiger partial charge on any atom is -0.481 e. The maximum atomic E-state index is 12.5. The Morgan fingerprint density at radius 2 is 1.50 bits per heavy atom. The highest BCUT2D eigenvalue weighted by atomic mass is 16.5. The van der Waals surface area contributed by atoms with Gasteiger partial charge in [0.05, 0.1) is 5.41 Å². The number of carboxylic acid groups (broad SMARTS) is 1. The summed E-state index contributed by atoms with van der Waals surface area (Å²) in [4.78, 5) is 36.3. The molecule has 1 aliphatic rings. The Kier molecular flexibility index (Phi) is 7.34. The summed E-state index contributed by atoms with van der Waals surface area (Å²) < 4.78 is 5.53. The molecule has 0 heterocycles. The van der Waals surface area contributed by atoms with Crippen molar-refractivity contribution < 1.29 is 24.2 Å². The van der Waals surface area contributed by atoms with Gasteiger partial charge in [-0.2, -0.15) is 0 Å². The Morgan fingerprint density at radius 1 is 0.971 bits per heavy atom. The van der Waals surface area contributed by atoms with Gasteiger partial charge in [0.1, 0.15) is 6.61 Å². The second-order valence-electron chi connectivity index (χ2n) is 10.1. The fourth-order valence-electron chi connectivity index (χ4n) is 4.12. The number of ether oxygens (including phenoxy) is 1. The predicted octanol–water partition coefficient (Wildman–Crippen LogP) is 4.56. The summed E-state index contributed by atoms with van der Waals surface area (Å²) in [7, 11) is 0. The zero-order chi connectivity index (χ0) is 25.1. The fourth-order valence-corrected chi connectivity index (χ4v) is 4.12. The number of carbonyl (C=O) groups excluding carboxylic acids is 2. The molecular weight excluding hydrogens is 432 g/mol. The van der Waals surface area contributed by atoms with E-state index in [0.29, 0.717) is 0 Å². The lowest BCUT2D eigenvalue weighted by Crippen LogP contribution is -2.57. The Bertz CT molecular complexity index is 1030. The van der Waals surface area contributed by atoms with Crippen LogP contribution in [0.5, 0.6) is 0 Å². The average Bonchev–Trinajstić information content (AvgIpc) is 3.09. The molecule has 0 aliphatic heterocycles. The van der Waals surface area contributed by atoms with Crippen LogP contribution in [-0.4, -0.2) is 41.8 Å². The topological polar surface area (TPSA) is 105 Å². The Labute approximate surface area is 200 Å². The van der Waals surface area contributed by atoms with Crippen molar-refractivity contribution in [2.75, 3.05) is 13.2 Å². The largest absolute Gasteiger partial charge is 0.481 e. The zero-order valence-corrected chi connectivity index (χ0v) is 20.5. The highest BCUT2D eigenvalue weighted by molar-refractivity contribution is 5.81. The molecule has 0 aromatic heterocycles. The lowest BCUT2D eigenvalue weighted by molar-refractivity contribution is -0.151. The first-order valence-electron chi connectivity index (χ1n) is 11.6. The molecule has 7 nitrogen and oxygen atoms in total. The van der Waals surface area contributed by atoms with Crippen molar-refractivity contribution in [1.82, 2.24) is 10.6 Å². The first kappa shape index (κ1) is 25.3. The monoisotopic (exact) mass is 466 g/mol. The van der Waals surface area contributed by atoms with Crippen molar-refractivity contribution in [3.05, 3.63) is 59.7 Å². The normalized spacial score (nSPS) is 14.0. The van der Waals surface area contributed by atoms with Gasteiger partial charge in [-0.3, -0.25) is 9.59 Å².